The molecule has 2 fully saturated rings. The molecule has 0 aliphatic carbocycles. The molecule has 1 N–H and O–H groups in total. The molecule has 2 aliphatic rings. The molecule has 2 saturated heterocycles. The summed E-state index contributed by atoms with van der Waals surface area (Å²) in [5.74, 6) is 1.43. The van der Waals surface area contributed by atoms with Crippen molar-refractivity contribution in [1.29, 1.82) is 10.5 Å². The second-order valence-corrected chi connectivity index (χ2v) is 14.4. The van der Waals surface area contributed by atoms with Crippen molar-refractivity contribution in [2.45, 2.75) is 47.0 Å². The van der Waals surface area contributed by atoms with Crippen molar-refractivity contribution in [1.82, 2.24) is 44.1 Å². The van der Waals surface area contributed by atoms with Crippen molar-refractivity contribution < 1.29 is 9.53 Å². The number of ether oxygens (including phenoxy) is 1. The number of nitriles is 2. The van der Waals surface area contributed by atoms with Crippen LogP contribution in [0, 0.1) is 22.7 Å². The van der Waals surface area contributed by atoms with Crippen LogP contribution in [0.25, 0.3) is 0 Å². The van der Waals surface area contributed by atoms with Gasteiger partial charge in [-0.05, 0) is 62.2 Å². The Morgan fingerprint density at radius 2 is 1.14 bits per heavy atom. The predicted molar refractivity (Wildman–Crippen MR) is 267 cm³/mol. The molecule has 64 heavy (non-hydrogen) atoms. The zero-order valence-corrected chi connectivity index (χ0v) is 41.3. The Hall–Kier alpha value is -4.32. The summed E-state index contributed by atoms with van der Waals surface area (Å²) in [6, 6.07) is 21.5. The molecule has 350 valence electrons. The molecule has 5 aromatic rings. The Labute approximate surface area is 414 Å². The molecule has 0 atom stereocenters. The van der Waals surface area contributed by atoms with E-state index in [1.807, 2.05) is 91.5 Å². The van der Waals surface area contributed by atoms with Crippen molar-refractivity contribution in [3.63, 3.8) is 0 Å². The highest BCUT2D eigenvalue weighted by molar-refractivity contribution is 5.95. The molecule has 14 nitrogen and oxygen atoms in total. The summed E-state index contributed by atoms with van der Waals surface area (Å²) in [4.78, 5) is 35.3. The van der Waals surface area contributed by atoms with Crippen LogP contribution in [0.15, 0.2) is 85.8 Å². The van der Waals surface area contributed by atoms with Crippen LogP contribution in [0.4, 0.5) is 5.82 Å². The SMILES string of the molecule is CCOc1cc(C(=O)N2CCN(Cc3cncn3Cc3ccc(C#N)cc3)CC2)cnc1N(CC)CC.Cl.Cl.Cl.Cl.Cl.Cl.N#Cc1ccc(Cn2cncc2CN2CCNCC2)cc1. The first-order valence-corrected chi connectivity index (χ1v) is 20.2. The Morgan fingerprint density at radius 3 is 1.58 bits per heavy atom. The maximum absolute atomic E-state index is 13.3. The highest BCUT2D eigenvalue weighted by atomic mass is 35.5. The summed E-state index contributed by atoms with van der Waals surface area (Å²) >= 11 is 0. The quantitative estimate of drug-likeness (QED) is 0.121. The third-order valence-electron chi connectivity index (χ3n) is 10.6. The van der Waals surface area contributed by atoms with Gasteiger partial charge in [-0.3, -0.25) is 14.6 Å². The van der Waals surface area contributed by atoms with E-state index in [4.69, 9.17) is 15.3 Å². The maximum atomic E-state index is 13.3. The normalized spacial score (nSPS) is 13.2. The number of hydrogen-bond acceptors (Lipinski definition) is 11. The van der Waals surface area contributed by atoms with E-state index < -0.39 is 0 Å². The minimum absolute atomic E-state index is 0. The van der Waals surface area contributed by atoms with Gasteiger partial charge in [0.05, 0.1) is 59.5 Å². The van der Waals surface area contributed by atoms with E-state index in [-0.39, 0.29) is 80.3 Å². The van der Waals surface area contributed by atoms with Gasteiger partial charge in [0.1, 0.15) is 0 Å². The lowest BCUT2D eigenvalue weighted by molar-refractivity contribution is 0.0625. The number of piperazine rings is 2. The highest BCUT2D eigenvalue weighted by Crippen LogP contribution is 2.28. The molecular formula is C44H60Cl6N12O2. The van der Waals surface area contributed by atoms with Crippen molar-refractivity contribution in [2.24, 2.45) is 0 Å². The number of aromatic nitrogens is 5. The van der Waals surface area contributed by atoms with Gasteiger partial charge in [0.15, 0.2) is 11.6 Å². The second kappa shape index (κ2) is 30.7. The second-order valence-electron chi connectivity index (χ2n) is 14.4. The van der Waals surface area contributed by atoms with E-state index in [2.05, 4.69) is 70.1 Å². The van der Waals surface area contributed by atoms with E-state index in [1.54, 1.807) is 6.20 Å². The Bertz CT molecular complexity index is 2160. The lowest BCUT2D eigenvalue weighted by Gasteiger charge is -2.35. The third-order valence-corrected chi connectivity index (χ3v) is 10.6. The van der Waals surface area contributed by atoms with E-state index in [0.29, 0.717) is 48.7 Å². The minimum Gasteiger partial charge on any atom is -0.490 e. The Morgan fingerprint density at radius 1 is 0.672 bits per heavy atom. The number of benzene rings is 2. The molecule has 1 amide bonds. The topological polar surface area (TPSA) is 147 Å². The van der Waals surface area contributed by atoms with E-state index in [9.17, 15) is 4.79 Å². The monoisotopic (exact) mass is 998 g/mol. The van der Waals surface area contributed by atoms with Gasteiger partial charge in [0, 0.05) is 110 Å². The zero-order chi connectivity index (χ0) is 40.7. The van der Waals surface area contributed by atoms with E-state index in [0.717, 1.165) is 89.1 Å². The average Bonchev–Trinajstić information content (AvgIpc) is 3.91. The van der Waals surface area contributed by atoms with Crippen LogP contribution in [-0.2, 0) is 26.2 Å². The molecule has 2 aromatic carbocycles. The molecule has 0 saturated carbocycles. The first kappa shape index (κ1) is 59.7. The molecule has 3 aromatic heterocycles. The molecular weight excluding hydrogens is 941 g/mol. The number of carbonyl (C=O) groups excluding carboxylic acids is 1. The summed E-state index contributed by atoms with van der Waals surface area (Å²) in [6.07, 6.45) is 9.26. The van der Waals surface area contributed by atoms with Crippen LogP contribution in [0.3, 0.4) is 0 Å². The summed E-state index contributed by atoms with van der Waals surface area (Å²) in [6.45, 7) is 18.7. The standard InChI is InChI=1S/C28H35N7O2.C16H19N5.6ClH/c1-4-33(5-2)27-26(37-6-3)15-24(17-31-27)28(36)34-13-11-32(12-14-34)20-25-18-30-21-35(25)19-23-9-7-22(16-29)8-10-23;17-9-14-1-3-15(4-2-14)11-21-13-19-10-16(21)12-20-7-5-18-6-8-20;;;;;;/h7-10,15,17-18,21H,4-6,11-14,19-20H2,1-3H3;1-4,10,13,18H,5-8,11-12H2;6*1H. The van der Waals surface area contributed by atoms with Gasteiger partial charge in [-0.1, -0.05) is 24.3 Å². The fraction of sp³-hybridized carbons (Fsp3) is 0.409. The third kappa shape index (κ3) is 16.6. The largest absolute Gasteiger partial charge is 0.490 e. The number of hydrogen-bond donors (Lipinski definition) is 1. The van der Waals surface area contributed by atoms with Crippen molar-refractivity contribution in [3.8, 4) is 17.9 Å². The number of pyridine rings is 1. The molecule has 20 heteroatoms. The number of anilines is 1. The van der Waals surface area contributed by atoms with Crippen molar-refractivity contribution in [2.75, 3.05) is 77.0 Å². The number of nitrogens with zero attached hydrogens (tertiary/aromatic N) is 11. The van der Waals surface area contributed by atoms with Gasteiger partial charge in [-0.2, -0.15) is 10.5 Å². The van der Waals surface area contributed by atoms with E-state index in [1.165, 1.54) is 11.3 Å². The Balaban J connectivity index is 0.00000127. The highest BCUT2D eigenvalue weighted by Gasteiger charge is 2.25. The molecule has 0 radical (unpaired) electrons. The van der Waals surface area contributed by atoms with Gasteiger partial charge in [-0.15, -0.1) is 74.4 Å². The number of amides is 1. The predicted octanol–water partition coefficient (Wildman–Crippen LogP) is 7.14. The van der Waals surface area contributed by atoms with Crippen LogP contribution in [0.2, 0.25) is 0 Å². The first-order chi connectivity index (χ1) is 28.4. The van der Waals surface area contributed by atoms with E-state index >= 15 is 0 Å². The minimum atomic E-state index is -0.00921. The van der Waals surface area contributed by atoms with Crippen LogP contribution in [0.1, 0.15) is 64.8 Å². The molecule has 5 heterocycles. The molecule has 7 rings (SSSR count). The summed E-state index contributed by atoms with van der Waals surface area (Å²) in [5, 5.41) is 21.2. The fourth-order valence-electron chi connectivity index (χ4n) is 7.20. The van der Waals surface area contributed by atoms with Crippen LogP contribution in [-0.4, -0.2) is 117 Å². The van der Waals surface area contributed by atoms with Crippen LogP contribution >= 0.6 is 74.4 Å². The number of imidazole rings is 2. The molecule has 0 spiro atoms. The van der Waals surface area contributed by atoms with Crippen molar-refractivity contribution >= 4 is 86.2 Å². The first-order valence-electron chi connectivity index (χ1n) is 20.2. The zero-order valence-electron chi connectivity index (χ0n) is 36.4. The average molecular weight is 1000 g/mol. The van der Waals surface area contributed by atoms with Crippen LogP contribution < -0.4 is 15.0 Å². The molecule has 2 aliphatic heterocycles. The number of halogens is 6. The summed E-state index contributed by atoms with van der Waals surface area (Å²) in [5.41, 5.74) is 6.60. The van der Waals surface area contributed by atoms with Gasteiger partial charge < -0.3 is 29.0 Å². The summed E-state index contributed by atoms with van der Waals surface area (Å²) < 4.78 is 10.2. The molecule has 0 bridgehead atoms. The van der Waals surface area contributed by atoms with Crippen LogP contribution in [0.5, 0.6) is 5.75 Å². The lowest BCUT2D eigenvalue weighted by Crippen LogP contribution is -2.48. The van der Waals surface area contributed by atoms with Crippen molar-refractivity contribution in [3.05, 3.63) is 125 Å². The van der Waals surface area contributed by atoms with Gasteiger partial charge >= 0.3 is 0 Å². The summed E-state index contributed by atoms with van der Waals surface area (Å²) in [7, 11) is 0. The number of rotatable bonds is 14. The van der Waals surface area contributed by atoms with Gasteiger partial charge in [-0.25, -0.2) is 15.0 Å². The van der Waals surface area contributed by atoms with Gasteiger partial charge in [0.2, 0.25) is 0 Å². The smallest absolute Gasteiger partial charge is 0.255 e. The lowest BCUT2D eigenvalue weighted by atomic mass is 10.1. The Kier molecular flexibility index (Phi) is 28.7. The fourth-order valence-corrected chi connectivity index (χ4v) is 7.20. The maximum Gasteiger partial charge on any atom is 0.255 e. The number of nitrogens with one attached hydrogen (secondary N) is 1. The molecule has 0 unspecified atom stereocenters. The van der Waals surface area contributed by atoms with Gasteiger partial charge in [0.25, 0.3) is 5.91 Å². The number of carbonyl (C=O) groups is 1.